The summed E-state index contributed by atoms with van der Waals surface area (Å²) < 4.78 is 5.04. The van der Waals surface area contributed by atoms with E-state index in [1.54, 1.807) is 24.1 Å². The Kier molecular flexibility index (Phi) is 6.53. The standard InChI is InChI=1S/C19H31N3O3/c1-19(2,22-10-6-5-7-11-22)14-20-18(24)21(3)13-15-8-9-17(25-4)16(23)12-15/h8-9,12,23H,5-7,10-11,13-14H2,1-4H3,(H,20,24). The lowest BCUT2D eigenvalue weighted by Crippen LogP contribution is -2.54. The Bertz CT molecular complexity index is 583. The molecular formula is C19H31N3O3. The topological polar surface area (TPSA) is 65.0 Å². The van der Waals surface area contributed by atoms with Crippen molar-refractivity contribution in [3.05, 3.63) is 23.8 Å². The number of nitrogens with zero attached hydrogens (tertiary/aromatic N) is 2. The molecule has 0 atom stereocenters. The number of urea groups is 1. The molecule has 0 bridgehead atoms. The lowest BCUT2D eigenvalue weighted by molar-refractivity contribution is 0.0943. The minimum absolute atomic E-state index is 0.0463. The van der Waals surface area contributed by atoms with Crippen LogP contribution in [0.1, 0.15) is 38.7 Å². The van der Waals surface area contributed by atoms with Crippen LogP contribution in [0.15, 0.2) is 18.2 Å². The Morgan fingerprint density at radius 3 is 2.60 bits per heavy atom. The molecule has 6 heteroatoms. The molecule has 2 amide bonds. The fraction of sp³-hybridized carbons (Fsp3) is 0.632. The molecule has 140 valence electrons. The number of ether oxygens (including phenoxy) is 1. The number of phenols is 1. The van der Waals surface area contributed by atoms with Crippen molar-refractivity contribution in [3.8, 4) is 11.5 Å². The third-order valence-electron chi connectivity index (χ3n) is 4.89. The fourth-order valence-corrected chi connectivity index (χ4v) is 3.22. The summed E-state index contributed by atoms with van der Waals surface area (Å²) in [4.78, 5) is 16.5. The van der Waals surface area contributed by atoms with Crippen molar-refractivity contribution in [2.24, 2.45) is 0 Å². The molecule has 0 aliphatic carbocycles. The molecule has 6 nitrogen and oxygen atoms in total. The van der Waals surface area contributed by atoms with Crippen LogP contribution in [0.5, 0.6) is 11.5 Å². The number of likely N-dealkylation sites (tertiary alicyclic amines) is 1. The zero-order valence-electron chi connectivity index (χ0n) is 15.8. The molecule has 2 rings (SSSR count). The number of hydrogen-bond acceptors (Lipinski definition) is 4. The molecular weight excluding hydrogens is 318 g/mol. The van der Waals surface area contributed by atoms with E-state index in [2.05, 4.69) is 24.1 Å². The summed E-state index contributed by atoms with van der Waals surface area (Å²) in [6.45, 7) is 7.60. The highest BCUT2D eigenvalue weighted by Gasteiger charge is 2.28. The summed E-state index contributed by atoms with van der Waals surface area (Å²) in [5.41, 5.74) is 0.807. The van der Waals surface area contributed by atoms with E-state index in [-0.39, 0.29) is 17.3 Å². The van der Waals surface area contributed by atoms with Crippen molar-refractivity contribution in [2.75, 3.05) is 33.8 Å². The molecule has 25 heavy (non-hydrogen) atoms. The predicted octanol–water partition coefficient (Wildman–Crippen LogP) is 2.81. The van der Waals surface area contributed by atoms with Gasteiger partial charge < -0.3 is 20.1 Å². The average molecular weight is 349 g/mol. The first-order chi connectivity index (χ1) is 11.8. The first-order valence-electron chi connectivity index (χ1n) is 8.93. The Labute approximate surface area is 150 Å². The predicted molar refractivity (Wildman–Crippen MR) is 99.0 cm³/mol. The number of amides is 2. The Balaban J connectivity index is 1.86. The number of rotatable bonds is 6. The van der Waals surface area contributed by atoms with Crippen LogP contribution in [0.2, 0.25) is 0 Å². The van der Waals surface area contributed by atoms with Gasteiger partial charge in [-0.1, -0.05) is 12.5 Å². The molecule has 1 aromatic rings. The van der Waals surface area contributed by atoms with Crippen LogP contribution < -0.4 is 10.1 Å². The van der Waals surface area contributed by atoms with E-state index >= 15 is 0 Å². The largest absolute Gasteiger partial charge is 0.504 e. The number of phenolic OH excluding ortho intramolecular Hbond substituents is 1. The van der Waals surface area contributed by atoms with Crippen LogP contribution in [0.4, 0.5) is 4.79 Å². The first kappa shape index (κ1) is 19.4. The Hall–Kier alpha value is -1.95. The molecule has 0 radical (unpaired) electrons. The summed E-state index contributed by atoms with van der Waals surface area (Å²) in [5, 5.41) is 12.9. The quantitative estimate of drug-likeness (QED) is 0.829. The maximum atomic E-state index is 12.4. The summed E-state index contributed by atoms with van der Waals surface area (Å²) >= 11 is 0. The second-order valence-electron chi connectivity index (χ2n) is 7.38. The molecule has 1 fully saturated rings. The SMILES string of the molecule is COc1ccc(CN(C)C(=O)NCC(C)(C)N2CCCCC2)cc1O. The minimum Gasteiger partial charge on any atom is -0.504 e. The zero-order valence-corrected chi connectivity index (χ0v) is 15.8. The lowest BCUT2D eigenvalue weighted by atomic mass is 9.98. The second kappa shape index (κ2) is 8.43. The first-order valence-corrected chi connectivity index (χ1v) is 8.93. The summed E-state index contributed by atoms with van der Waals surface area (Å²) in [6, 6.07) is 5.07. The third-order valence-corrected chi connectivity index (χ3v) is 4.89. The van der Waals surface area contributed by atoms with E-state index in [4.69, 9.17) is 4.74 Å². The monoisotopic (exact) mass is 349 g/mol. The number of aromatic hydroxyl groups is 1. The molecule has 2 N–H and O–H groups in total. The minimum atomic E-state index is -0.111. The van der Waals surface area contributed by atoms with Gasteiger partial charge in [-0.25, -0.2) is 4.79 Å². The van der Waals surface area contributed by atoms with Gasteiger partial charge in [-0.3, -0.25) is 4.90 Å². The number of benzene rings is 1. The number of piperidine rings is 1. The normalized spacial score (nSPS) is 15.7. The van der Waals surface area contributed by atoms with E-state index in [1.807, 2.05) is 6.07 Å². The van der Waals surface area contributed by atoms with Gasteiger partial charge in [-0.05, 0) is 57.5 Å². The van der Waals surface area contributed by atoms with Gasteiger partial charge in [0.1, 0.15) is 0 Å². The highest BCUT2D eigenvalue weighted by atomic mass is 16.5. The van der Waals surface area contributed by atoms with Crippen molar-refractivity contribution in [2.45, 2.75) is 45.2 Å². The molecule has 0 saturated carbocycles. The van der Waals surface area contributed by atoms with E-state index in [9.17, 15) is 9.90 Å². The van der Waals surface area contributed by atoms with Gasteiger partial charge >= 0.3 is 6.03 Å². The molecule has 0 aromatic heterocycles. The van der Waals surface area contributed by atoms with Crippen LogP contribution in [0.3, 0.4) is 0 Å². The van der Waals surface area contributed by atoms with Gasteiger partial charge in [-0.2, -0.15) is 0 Å². The summed E-state index contributed by atoms with van der Waals surface area (Å²) in [6.07, 6.45) is 3.77. The lowest BCUT2D eigenvalue weighted by Gasteiger charge is -2.41. The van der Waals surface area contributed by atoms with Crippen LogP contribution >= 0.6 is 0 Å². The van der Waals surface area contributed by atoms with Gasteiger partial charge in [0.15, 0.2) is 11.5 Å². The van der Waals surface area contributed by atoms with Gasteiger partial charge in [0.2, 0.25) is 0 Å². The fourth-order valence-electron chi connectivity index (χ4n) is 3.22. The number of carbonyl (C=O) groups excluding carboxylic acids is 1. The molecule has 0 spiro atoms. The number of carbonyl (C=O) groups is 1. The Morgan fingerprint density at radius 2 is 2.00 bits per heavy atom. The van der Waals surface area contributed by atoms with Crippen LogP contribution in [-0.4, -0.2) is 60.3 Å². The second-order valence-corrected chi connectivity index (χ2v) is 7.38. The molecule has 1 aliphatic heterocycles. The van der Waals surface area contributed by atoms with Crippen LogP contribution in [-0.2, 0) is 6.54 Å². The van der Waals surface area contributed by atoms with Gasteiger partial charge in [0, 0.05) is 25.7 Å². The van der Waals surface area contributed by atoms with Crippen LogP contribution in [0.25, 0.3) is 0 Å². The summed E-state index contributed by atoms with van der Waals surface area (Å²) in [5.74, 6) is 0.513. The number of hydrogen-bond donors (Lipinski definition) is 2. The average Bonchev–Trinajstić information content (AvgIpc) is 2.60. The van der Waals surface area contributed by atoms with Crippen molar-refractivity contribution in [1.29, 1.82) is 0 Å². The Morgan fingerprint density at radius 1 is 1.32 bits per heavy atom. The van der Waals surface area contributed by atoms with Crippen molar-refractivity contribution >= 4 is 6.03 Å². The highest BCUT2D eigenvalue weighted by molar-refractivity contribution is 5.74. The summed E-state index contributed by atoms with van der Waals surface area (Å²) in [7, 11) is 3.27. The van der Waals surface area contributed by atoms with Crippen molar-refractivity contribution in [3.63, 3.8) is 0 Å². The third kappa shape index (κ3) is 5.26. The number of methoxy groups -OCH3 is 1. The van der Waals surface area contributed by atoms with E-state index in [0.717, 1.165) is 18.7 Å². The van der Waals surface area contributed by atoms with Gasteiger partial charge in [0.25, 0.3) is 0 Å². The molecule has 1 aromatic carbocycles. The number of nitrogens with one attached hydrogen (secondary N) is 1. The maximum absolute atomic E-state index is 12.4. The molecule has 0 unspecified atom stereocenters. The smallest absolute Gasteiger partial charge is 0.317 e. The van der Waals surface area contributed by atoms with Crippen molar-refractivity contribution < 1.29 is 14.6 Å². The zero-order chi connectivity index (χ0) is 18.4. The van der Waals surface area contributed by atoms with Gasteiger partial charge in [-0.15, -0.1) is 0 Å². The van der Waals surface area contributed by atoms with E-state index < -0.39 is 0 Å². The van der Waals surface area contributed by atoms with Crippen molar-refractivity contribution in [1.82, 2.24) is 15.1 Å². The maximum Gasteiger partial charge on any atom is 0.317 e. The van der Waals surface area contributed by atoms with Gasteiger partial charge in [0.05, 0.1) is 7.11 Å². The van der Waals surface area contributed by atoms with E-state index in [0.29, 0.717) is 18.8 Å². The highest BCUT2D eigenvalue weighted by Crippen LogP contribution is 2.26. The molecule has 1 saturated heterocycles. The van der Waals surface area contributed by atoms with E-state index in [1.165, 1.54) is 26.4 Å². The van der Waals surface area contributed by atoms with Crippen LogP contribution in [0, 0.1) is 0 Å². The molecule has 1 aliphatic rings. The molecule has 1 heterocycles.